The number of nitrogens with zero attached hydrogens (tertiary/aromatic N) is 2. The first-order valence-corrected chi connectivity index (χ1v) is 9.59. The maximum absolute atomic E-state index is 13.4. The van der Waals surface area contributed by atoms with Gasteiger partial charge < -0.3 is 10.2 Å². The number of carbonyl (C=O) groups excluding carboxylic acids is 2. The first-order valence-electron chi connectivity index (χ1n) is 9.59. The van der Waals surface area contributed by atoms with E-state index in [1.54, 1.807) is 28.0 Å². The van der Waals surface area contributed by atoms with Gasteiger partial charge in [-0.15, -0.1) is 6.58 Å². The Bertz CT molecular complexity index is 969. The number of rotatable bonds is 6. The highest BCUT2D eigenvalue weighted by atomic mass is 19.1. The molecule has 2 aromatic rings. The van der Waals surface area contributed by atoms with E-state index in [1.807, 2.05) is 30.3 Å². The Morgan fingerprint density at radius 1 is 1.10 bits per heavy atom. The standard InChI is InChI=1S/C23H22FN3O2/c1-2-13-27-19-15-26(14-12-16-6-4-3-5-7-16)22(28)20(19)21(25-23(27)29)17-8-10-18(24)11-9-17/h2-11,21H,1,12-15H2,(H,25,29)/t21-/m0/s1. The molecule has 2 heterocycles. The van der Waals surface area contributed by atoms with Crippen LogP contribution in [-0.2, 0) is 11.2 Å². The largest absolute Gasteiger partial charge is 0.333 e. The monoisotopic (exact) mass is 391 g/mol. The van der Waals surface area contributed by atoms with Crippen LogP contribution in [0.2, 0.25) is 0 Å². The normalized spacial score (nSPS) is 18.7. The predicted octanol–water partition coefficient (Wildman–Crippen LogP) is 3.42. The van der Waals surface area contributed by atoms with Gasteiger partial charge in [0, 0.05) is 13.1 Å². The lowest BCUT2D eigenvalue weighted by Gasteiger charge is -2.33. The van der Waals surface area contributed by atoms with Gasteiger partial charge in [0.1, 0.15) is 5.82 Å². The van der Waals surface area contributed by atoms with Gasteiger partial charge in [0.2, 0.25) is 0 Å². The molecule has 2 aliphatic rings. The van der Waals surface area contributed by atoms with Crippen molar-refractivity contribution < 1.29 is 14.0 Å². The molecule has 4 rings (SSSR count). The number of benzene rings is 2. The average Bonchev–Trinajstić information content (AvgIpc) is 3.06. The highest BCUT2D eigenvalue weighted by Crippen LogP contribution is 2.36. The van der Waals surface area contributed by atoms with E-state index in [0.29, 0.717) is 36.5 Å². The van der Waals surface area contributed by atoms with Gasteiger partial charge in [-0.05, 0) is 29.7 Å². The molecule has 6 heteroatoms. The van der Waals surface area contributed by atoms with Crippen molar-refractivity contribution in [3.63, 3.8) is 0 Å². The minimum absolute atomic E-state index is 0.0979. The molecule has 2 aromatic carbocycles. The highest BCUT2D eigenvalue weighted by Gasteiger charge is 2.43. The predicted molar refractivity (Wildman–Crippen MR) is 108 cm³/mol. The molecule has 0 aromatic heterocycles. The molecule has 0 saturated heterocycles. The number of hydrogen-bond donors (Lipinski definition) is 1. The fraction of sp³-hybridized carbons (Fsp3) is 0.217. The van der Waals surface area contributed by atoms with Crippen LogP contribution in [0.5, 0.6) is 0 Å². The molecule has 148 valence electrons. The minimum atomic E-state index is -0.589. The second-order valence-corrected chi connectivity index (χ2v) is 7.16. The summed E-state index contributed by atoms with van der Waals surface area (Å²) < 4.78 is 13.4. The zero-order valence-corrected chi connectivity index (χ0v) is 16.0. The third kappa shape index (κ3) is 3.66. The van der Waals surface area contributed by atoms with Gasteiger partial charge in [0.15, 0.2) is 0 Å². The molecule has 0 aliphatic carbocycles. The van der Waals surface area contributed by atoms with Gasteiger partial charge in [0.25, 0.3) is 5.91 Å². The lowest BCUT2D eigenvalue weighted by molar-refractivity contribution is -0.125. The van der Waals surface area contributed by atoms with E-state index in [1.165, 1.54) is 12.1 Å². The summed E-state index contributed by atoms with van der Waals surface area (Å²) in [6.07, 6.45) is 2.37. The number of amides is 3. The maximum Gasteiger partial charge on any atom is 0.322 e. The molecule has 1 N–H and O–H groups in total. The molecule has 0 unspecified atom stereocenters. The number of carbonyl (C=O) groups is 2. The quantitative estimate of drug-likeness (QED) is 0.768. The summed E-state index contributed by atoms with van der Waals surface area (Å²) in [7, 11) is 0. The van der Waals surface area contributed by atoms with Gasteiger partial charge in [-0.1, -0.05) is 48.5 Å². The molecule has 3 amide bonds. The molecule has 2 aliphatic heterocycles. The van der Waals surface area contributed by atoms with Crippen LogP contribution in [0.1, 0.15) is 17.2 Å². The third-order valence-corrected chi connectivity index (χ3v) is 5.32. The Hall–Kier alpha value is -3.41. The lowest BCUT2D eigenvalue weighted by atomic mass is 9.95. The number of hydrogen-bond acceptors (Lipinski definition) is 2. The summed E-state index contributed by atoms with van der Waals surface area (Å²) in [5.74, 6) is -0.458. The lowest BCUT2D eigenvalue weighted by Crippen LogP contribution is -2.47. The minimum Gasteiger partial charge on any atom is -0.333 e. The number of nitrogens with one attached hydrogen (secondary N) is 1. The smallest absolute Gasteiger partial charge is 0.322 e. The molecule has 1 atom stereocenters. The average molecular weight is 391 g/mol. The molecule has 5 nitrogen and oxygen atoms in total. The maximum atomic E-state index is 13.4. The SMILES string of the molecule is C=CCN1C(=O)N[C@@H](c2ccc(F)cc2)C2=C1CN(CCc1ccccc1)C2=O. The van der Waals surface area contributed by atoms with Crippen molar-refractivity contribution in [2.45, 2.75) is 12.5 Å². The fourth-order valence-corrected chi connectivity index (χ4v) is 3.87. The molecule has 29 heavy (non-hydrogen) atoms. The molecular formula is C23H22FN3O2. The molecule has 0 saturated carbocycles. The number of halogens is 1. The fourth-order valence-electron chi connectivity index (χ4n) is 3.87. The Kier molecular flexibility index (Phi) is 5.16. The topological polar surface area (TPSA) is 52.7 Å². The Labute approximate surface area is 169 Å². The molecule has 0 fully saturated rings. The molecule has 0 spiro atoms. The number of urea groups is 1. The van der Waals surface area contributed by atoms with E-state index in [9.17, 15) is 14.0 Å². The van der Waals surface area contributed by atoms with E-state index >= 15 is 0 Å². The van der Waals surface area contributed by atoms with Crippen molar-refractivity contribution in [1.29, 1.82) is 0 Å². The second kappa shape index (κ2) is 7.91. The molecule has 0 radical (unpaired) electrons. The van der Waals surface area contributed by atoms with Crippen molar-refractivity contribution in [3.8, 4) is 0 Å². The van der Waals surface area contributed by atoms with Crippen molar-refractivity contribution in [2.75, 3.05) is 19.6 Å². The van der Waals surface area contributed by atoms with Gasteiger partial charge in [-0.2, -0.15) is 0 Å². The summed E-state index contributed by atoms with van der Waals surface area (Å²) in [6, 6.07) is 15.0. The van der Waals surface area contributed by atoms with Crippen LogP contribution in [0.4, 0.5) is 9.18 Å². The van der Waals surface area contributed by atoms with Gasteiger partial charge in [0.05, 0.1) is 23.9 Å². The van der Waals surface area contributed by atoms with Crippen LogP contribution in [0, 0.1) is 5.82 Å². The first kappa shape index (κ1) is 18.9. The summed E-state index contributed by atoms with van der Waals surface area (Å²) in [5.41, 5.74) is 3.08. The van der Waals surface area contributed by atoms with Gasteiger partial charge in [-0.3, -0.25) is 9.69 Å². The second-order valence-electron chi connectivity index (χ2n) is 7.16. The van der Waals surface area contributed by atoms with Crippen LogP contribution in [0.25, 0.3) is 0 Å². The van der Waals surface area contributed by atoms with Crippen molar-refractivity contribution in [3.05, 3.63) is 95.5 Å². The van der Waals surface area contributed by atoms with E-state index in [4.69, 9.17) is 0 Å². The summed E-state index contributed by atoms with van der Waals surface area (Å²) in [4.78, 5) is 29.3. The van der Waals surface area contributed by atoms with Crippen LogP contribution in [0.15, 0.2) is 78.5 Å². The summed E-state index contributed by atoms with van der Waals surface area (Å²) in [5, 5.41) is 2.89. The van der Waals surface area contributed by atoms with Crippen LogP contribution in [-0.4, -0.2) is 41.4 Å². The zero-order chi connectivity index (χ0) is 20.4. The van der Waals surface area contributed by atoms with Gasteiger partial charge in [-0.25, -0.2) is 9.18 Å². The summed E-state index contributed by atoms with van der Waals surface area (Å²) in [6.45, 7) is 4.97. The third-order valence-electron chi connectivity index (χ3n) is 5.32. The van der Waals surface area contributed by atoms with Crippen molar-refractivity contribution >= 4 is 11.9 Å². The van der Waals surface area contributed by atoms with Crippen LogP contribution >= 0.6 is 0 Å². The molecular weight excluding hydrogens is 369 g/mol. The van der Waals surface area contributed by atoms with Crippen LogP contribution in [0.3, 0.4) is 0 Å². The van der Waals surface area contributed by atoms with Crippen molar-refractivity contribution in [2.24, 2.45) is 0 Å². The van der Waals surface area contributed by atoms with Gasteiger partial charge >= 0.3 is 6.03 Å². The van der Waals surface area contributed by atoms with E-state index in [2.05, 4.69) is 11.9 Å². The zero-order valence-electron chi connectivity index (χ0n) is 16.0. The highest BCUT2D eigenvalue weighted by molar-refractivity contribution is 6.01. The molecule has 0 bridgehead atoms. The van der Waals surface area contributed by atoms with Crippen molar-refractivity contribution in [1.82, 2.24) is 15.1 Å². The Balaban J connectivity index is 1.63. The van der Waals surface area contributed by atoms with E-state index in [0.717, 1.165) is 12.0 Å². The van der Waals surface area contributed by atoms with E-state index in [-0.39, 0.29) is 17.8 Å². The van der Waals surface area contributed by atoms with E-state index < -0.39 is 6.04 Å². The Morgan fingerprint density at radius 3 is 2.52 bits per heavy atom. The summed E-state index contributed by atoms with van der Waals surface area (Å²) >= 11 is 0. The first-order chi connectivity index (χ1) is 14.1. The Morgan fingerprint density at radius 2 is 1.83 bits per heavy atom. The van der Waals surface area contributed by atoms with Crippen LogP contribution < -0.4 is 5.32 Å².